The zero-order valence-electron chi connectivity index (χ0n) is 12.2. The molecule has 0 atom stereocenters. The molecule has 0 spiro atoms. The van der Waals surface area contributed by atoms with Crippen LogP contribution in [0, 0.1) is 11.3 Å². The highest BCUT2D eigenvalue weighted by Crippen LogP contribution is 2.29. The predicted molar refractivity (Wildman–Crippen MR) is 87.9 cm³/mol. The Kier molecular flexibility index (Phi) is 5.80. The molecule has 1 fully saturated rings. The van der Waals surface area contributed by atoms with Crippen molar-refractivity contribution in [3.63, 3.8) is 0 Å². The van der Waals surface area contributed by atoms with Crippen molar-refractivity contribution in [1.29, 1.82) is 5.26 Å². The molecule has 1 aromatic heterocycles. The minimum absolute atomic E-state index is 0.0454. The van der Waals surface area contributed by atoms with Crippen LogP contribution in [0.2, 0.25) is 0 Å². The summed E-state index contributed by atoms with van der Waals surface area (Å²) in [6.07, 6.45) is 3.60. The molecule has 0 radical (unpaired) electrons. The minimum atomic E-state index is -0.623. The molecule has 1 heterocycles. The van der Waals surface area contributed by atoms with Crippen LogP contribution in [0.3, 0.4) is 0 Å². The molecule has 21 heavy (non-hydrogen) atoms. The highest BCUT2D eigenvalue weighted by atomic mass is 79.9. The molecule has 6 heteroatoms. The van der Waals surface area contributed by atoms with E-state index in [0.717, 1.165) is 42.6 Å². The third-order valence-corrected chi connectivity index (χ3v) is 5.48. The Morgan fingerprint density at radius 3 is 2.76 bits per heavy atom. The van der Waals surface area contributed by atoms with Crippen molar-refractivity contribution in [2.75, 3.05) is 13.1 Å². The topological polar surface area (TPSA) is 56.1 Å². The maximum Gasteiger partial charge on any atom is 0.235 e. The minimum Gasteiger partial charge on any atom is -0.337 e. The van der Waals surface area contributed by atoms with Gasteiger partial charge in [0.1, 0.15) is 5.54 Å². The van der Waals surface area contributed by atoms with E-state index in [1.807, 2.05) is 13.0 Å². The van der Waals surface area contributed by atoms with Crippen LogP contribution >= 0.6 is 27.3 Å². The van der Waals surface area contributed by atoms with Gasteiger partial charge in [0.05, 0.1) is 16.4 Å². The van der Waals surface area contributed by atoms with Gasteiger partial charge in [-0.05, 0) is 60.3 Å². The van der Waals surface area contributed by atoms with E-state index < -0.39 is 5.54 Å². The maximum absolute atomic E-state index is 12.2. The molecule has 114 valence electrons. The Bertz CT molecular complexity index is 531. The summed E-state index contributed by atoms with van der Waals surface area (Å²) in [7, 11) is 0. The van der Waals surface area contributed by atoms with Gasteiger partial charge in [0, 0.05) is 11.4 Å². The summed E-state index contributed by atoms with van der Waals surface area (Å²) in [6.45, 7) is 3.96. The molecule has 0 aliphatic heterocycles. The summed E-state index contributed by atoms with van der Waals surface area (Å²) in [5, 5.41) is 12.3. The summed E-state index contributed by atoms with van der Waals surface area (Å²) in [6, 6.07) is 6.40. The number of hydrogen-bond acceptors (Lipinski definition) is 4. The first kappa shape index (κ1) is 16.5. The van der Waals surface area contributed by atoms with Crippen LogP contribution in [0.15, 0.2) is 15.9 Å². The van der Waals surface area contributed by atoms with Crippen molar-refractivity contribution < 1.29 is 4.79 Å². The molecule has 4 nitrogen and oxygen atoms in total. The average molecular weight is 370 g/mol. The fraction of sp³-hybridized carbons (Fsp3) is 0.600. The highest BCUT2D eigenvalue weighted by molar-refractivity contribution is 9.11. The number of nitrogens with one attached hydrogen (secondary N) is 1. The lowest BCUT2D eigenvalue weighted by molar-refractivity contribution is -0.123. The highest BCUT2D eigenvalue weighted by Gasteiger charge is 2.35. The quantitative estimate of drug-likeness (QED) is 0.836. The SMILES string of the molecule is CCN(CC(=O)NC1(C#N)CCCC1)Cc1ccc(Br)s1. The van der Waals surface area contributed by atoms with E-state index in [4.69, 9.17) is 0 Å². The summed E-state index contributed by atoms with van der Waals surface area (Å²) in [5.41, 5.74) is -0.623. The van der Waals surface area contributed by atoms with Crippen molar-refractivity contribution >= 4 is 33.2 Å². The molecule has 1 amide bonds. The van der Waals surface area contributed by atoms with Crippen molar-refractivity contribution in [3.8, 4) is 6.07 Å². The van der Waals surface area contributed by atoms with E-state index >= 15 is 0 Å². The fourth-order valence-corrected chi connectivity index (χ4v) is 4.22. The molecular weight excluding hydrogens is 350 g/mol. The van der Waals surface area contributed by atoms with E-state index in [9.17, 15) is 10.1 Å². The largest absolute Gasteiger partial charge is 0.337 e. The number of likely N-dealkylation sites (N-methyl/N-ethyl adjacent to an activating group) is 1. The van der Waals surface area contributed by atoms with Crippen molar-refractivity contribution in [2.45, 2.75) is 44.7 Å². The van der Waals surface area contributed by atoms with Gasteiger partial charge in [0.2, 0.25) is 5.91 Å². The first-order chi connectivity index (χ1) is 10.1. The Labute approximate surface area is 138 Å². The molecule has 0 aromatic carbocycles. The van der Waals surface area contributed by atoms with Crippen LogP contribution in [-0.2, 0) is 11.3 Å². The van der Waals surface area contributed by atoms with Crippen LogP contribution in [0.1, 0.15) is 37.5 Å². The van der Waals surface area contributed by atoms with Crippen LogP contribution in [0.5, 0.6) is 0 Å². The van der Waals surface area contributed by atoms with Crippen molar-refractivity contribution in [1.82, 2.24) is 10.2 Å². The van der Waals surface area contributed by atoms with Gasteiger partial charge in [0.15, 0.2) is 0 Å². The Morgan fingerprint density at radius 2 is 2.24 bits per heavy atom. The lowest BCUT2D eigenvalue weighted by atomic mass is 10.00. The predicted octanol–water partition coefficient (Wildman–Crippen LogP) is 3.29. The number of halogens is 1. The summed E-state index contributed by atoms with van der Waals surface area (Å²) < 4.78 is 1.10. The van der Waals surface area contributed by atoms with E-state index in [1.54, 1.807) is 11.3 Å². The Balaban J connectivity index is 1.89. The van der Waals surface area contributed by atoms with Gasteiger partial charge in [-0.25, -0.2) is 0 Å². The molecule has 1 aliphatic rings. The normalized spacial score (nSPS) is 16.9. The van der Waals surface area contributed by atoms with E-state index in [-0.39, 0.29) is 5.91 Å². The number of carbonyl (C=O) groups is 1. The lowest BCUT2D eigenvalue weighted by Gasteiger charge is -2.25. The third kappa shape index (κ3) is 4.53. The van der Waals surface area contributed by atoms with Gasteiger partial charge in [-0.3, -0.25) is 9.69 Å². The Morgan fingerprint density at radius 1 is 1.52 bits per heavy atom. The summed E-state index contributed by atoms with van der Waals surface area (Å²) in [4.78, 5) is 15.5. The molecule has 1 saturated carbocycles. The lowest BCUT2D eigenvalue weighted by Crippen LogP contribution is -2.48. The number of carbonyl (C=O) groups excluding carboxylic acids is 1. The zero-order valence-corrected chi connectivity index (χ0v) is 14.6. The third-order valence-electron chi connectivity index (χ3n) is 3.87. The molecule has 0 unspecified atom stereocenters. The molecule has 0 saturated heterocycles. The van der Waals surface area contributed by atoms with E-state index in [1.165, 1.54) is 4.88 Å². The van der Waals surface area contributed by atoms with Gasteiger partial charge < -0.3 is 5.32 Å². The van der Waals surface area contributed by atoms with E-state index in [0.29, 0.717) is 6.54 Å². The summed E-state index contributed by atoms with van der Waals surface area (Å²) >= 11 is 5.14. The molecule has 1 aliphatic carbocycles. The van der Waals surface area contributed by atoms with Gasteiger partial charge in [-0.1, -0.05) is 6.92 Å². The number of nitrogens with zero attached hydrogens (tertiary/aromatic N) is 2. The second-order valence-electron chi connectivity index (χ2n) is 5.46. The molecular formula is C15H20BrN3OS. The fourth-order valence-electron chi connectivity index (χ4n) is 2.69. The molecule has 1 aromatic rings. The zero-order chi connectivity index (χ0) is 15.3. The van der Waals surface area contributed by atoms with E-state index in [2.05, 4.69) is 38.3 Å². The standard InChI is InChI=1S/C15H20BrN3OS/c1-2-19(9-12-5-6-13(16)21-12)10-14(20)18-15(11-17)7-3-4-8-15/h5-6H,2-4,7-10H2,1H3,(H,18,20). The number of hydrogen-bond donors (Lipinski definition) is 1. The van der Waals surface area contributed by atoms with Gasteiger partial charge >= 0.3 is 0 Å². The van der Waals surface area contributed by atoms with Crippen LogP contribution in [0.25, 0.3) is 0 Å². The number of rotatable bonds is 6. The second-order valence-corrected chi connectivity index (χ2v) is 8.01. The van der Waals surface area contributed by atoms with Gasteiger partial charge in [-0.15, -0.1) is 11.3 Å². The van der Waals surface area contributed by atoms with Crippen LogP contribution < -0.4 is 5.32 Å². The number of amides is 1. The van der Waals surface area contributed by atoms with Crippen LogP contribution in [-0.4, -0.2) is 29.4 Å². The molecule has 2 rings (SSSR count). The molecule has 1 N–H and O–H groups in total. The molecule has 0 bridgehead atoms. The van der Waals surface area contributed by atoms with Crippen molar-refractivity contribution in [2.24, 2.45) is 0 Å². The average Bonchev–Trinajstić information content (AvgIpc) is 3.08. The van der Waals surface area contributed by atoms with Crippen LogP contribution in [0.4, 0.5) is 0 Å². The summed E-state index contributed by atoms with van der Waals surface area (Å²) in [5.74, 6) is -0.0454. The monoisotopic (exact) mass is 369 g/mol. The second kappa shape index (κ2) is 7.39. The maximum atomic E-state index is 12.2. The van der Waals surface area contributed by atoms with Gasteiger partial charge in [-0.2, -0.15) is 5.26 Å². The Hall–Kier alpha value is -0.900. The van der Waals surface area contributed by atoms with Gasteiger partial charge in [0.25, 0.3) is 0 Å². The first-order valence-corrected chi connectivity index (χ1v) is 8.87. The van der Waals surface area contributed by atoms with Crippen molar-refractivity contribution in [3.05, 3.63) is 20.8 Å². The number of thiophene rings is 1. The number of nitriles is 1. The smallest absolute Gasteiger partial charge is 0.235 e. The first-order valence-electron chi connectivity index (χ1n) is 7.26.